The second-order valence-electron chi connectivity index (χ2n) is 5.75. The van der Waals surface area contributed by atoms with Gasteiger partial charge >= 0.3 is 0 Å². The summed E-state index contributed by atoms with van der Waals surface area (Å²) in [5, 5.41) is 3.30. The van der Waals surface area contributed by atoms with Crippen molar-refractivity contribution >= 4 is 17.3 Å². The largest absolute Gasteiger partial charge is 0.369 e. The van der Waals surface area contributed by atoms with Crippen LogP contribution in [0.25, 0.3) is 5.65 Å². The molecule has 6 heteroatoms. The number of hydrogen-bond acceptors (Lipinski definition) is 5. The minimum absolute atomic E-state index is 0.611. The molecule has 0 amide bonds. The summed E-state index contributed by atoms with van der Waals surface area (Å²) in [5.41, 5.74) is 0.939. The Balaban J connectivity index is 1.87. The molecule has 6 nitrogen and oxygen atoms in total. The molecule has 1 saturated heterocycles. The fraction of sp³-hybridized carbons (Fsp3) is 0.600. The summed E-state index contributed by atoms with van der Waals surface area (Å²) in [6.07, 6.45) is 5.81. The zero-order valence-electron chi connectivity index (χ0n) is 13.1. The Kier molecular flexibility index (Phi) is 3.96. The van der Waals surface area contributed by atoms with Crippen LogP contribution in [-0.2, 0) is 0 Å². The van der Waals surface area contributed by atoms with Crippen LogP contribution >= 0.6 is 0 Å². The lowest BCUT2D eigenvalue weighted by molar-refractivity contribution is 0.209. The number of imidazole rings is 1. The number of nitrogens with one attached hydrogen (secondary N) is 1. The first kappa shape index (κ1) is 14.1. The lowest BCUT2D eigenvalue weighted by Gasteiger charge is -2.37. The molecule has 1 aliphatic heterocycles. The molecule has 0 unspecified atom stereocenters. The van der Waals surface area contributed by atoms with Gasteiger partial charge < -0.3 is 14.6 Å². The molecular weight excluding hydrogens is 264 g/mol. The Morgan fingerprint density at radius 1 is 1.24 bits per heavy atom. The first-order valence-corrected chi connectivity index (χ1v) is 7.75. The summed E-state index contributed by atoms with van der Waals surface area (Å²) in [6, 6.07) is 0.611. The molecule has 3 rings (SSSR count). The van der Waals surface area contributed by atoms with Crippen molar-refractivity contribution in [2.75, 3.05) is 42.9 Å². The van der Waals surface area contributed by atoms with Crippen LogP contribution in [0.15, 0.2) is 18.6 Å². The van der Waals surface area contributed by atoms with Gasteiger partial charge in [0.05, 0.1) is 6.20 Å². The van der Waals surface area contributed by atoms with Crippen molar-refractivity contribution in [3.63, 3.8) is 0 Å². The van der Waals surface area contributed by atoms with Gasteiger partial charge in [-0.1, -0.05) is 0 Å². The van der Waals surface area contributed by atoms with Crippen molar-refractivity contribution < 1.29 is 0 Å². The van der Waals surface area contributed by atoms with Crippen LogP contribution in [0.3, 0.4) is 0 Å². The van der Waals surface area contributed by atoms with Gasteiger partial charge in [-0.05, 0) is 20.8 Å². The Morgan fingerprint density at radius 2 is 2.00 bits per heavy atom. The van der Waals surface area contributed by atoms with Crippen molar-refractivity contribution in [1.82, 2.24) is 19.3 Å². The second-order valence-corrected chi connectivity index (χ2v) is 5.75. The Bertz CT molecular complexity index is 597. The van der Waals surface area contributed by atoms with Crippen LogP contribution in [0, 0.1) is 0 Å². The number of fused-ring (bicyclic) bond motifs is 1. The van der Waals surface area contributed by atoms with E-state index < -0.39 is 0 Å². The zero-order chi connectivity index (χ0) is 14.8. The van der Waals surface area contributed by atoms with E-state index in [1.54, 1.807) is 0 Å². The molecule has 0 atom stereocenters. The topological polar surface area (TPSA) is 48.7 Å². The van der Waals surface area contributed by atoms with Crippen LogP contribution < -0.4 is 10.2 Å². The van der Waals surface area contributed by atoms with E-state index in [0.717, 1.165) is 50.0 Å². The van der Waals surface area contributed by atoms with Crippen molar-refractivity contribution in [3.05, 3.63) is 18.6 Å². The highest BCUT2D eigenvalue weighted by Gasteiger charge is 2.22. The van der Waals surface area contributed by atoms with Gasteiger partial charge in [0.15, 0.2) is 11.5 Å². The molecule has 0 aromatic carbocycles. The predicted molar refractivity (Wildman–Crippen MR) is 86.1 cm³/mol. The van der Waals surface area contributed by atoms with Gasteiger partial charge in [0.2, 0.25) is 0 Å². The third-order valence-corrected chi connectivity index (χ3v) is 4.06. The molecule has 1 fully saturated rings. The maximum Gasteiger partial charge on any atom is 0.180 e. The van der Waals surface area contributed by atoms with E-state index in [9.17, 15) is 0 Å². The number of aromatic nitrogens is 3. The van der Waals surface area contributed by atoms with Crippen LogP contribution in [0.4, 0.5) is 11.6 Å². The van der Waals surface area contributed by atoms with Crippen LogP contribution in [0.1, 0.15) is 20.8 Å². The molecule has 1 N–H and O–H groups in total. The van der Waals surface area contributed by atoms with E-state index in [2.05, 4.69) is 45.3 Å². The molecule has 3 heterocycles. The molecule has 0 aliphatic carbocycles. The molecule has 114 valence electrons. The number of anilines is 2. The predicted octanol–water partition coefficient (Wildman–Crippen LogP) is 1.69. The maximum absolute atomic E-state index is 4.77. The molecule has 2 aromatic rings. The van der Waals surface area contributed by atoms with Gasteiger partial charge in [0.1, 0.15) is 5.82 Å². The Labute approximate surface area is 125 Å². The van der Waals surface area contributed by atoms with Crippen LogP contribution in [0.5, 0.6) is 0 Å². The third-order valence-electron chi connectivity index (χ3n) is 4.06. The van der Waals surface area contributed by atoms with E-state index in [4.69, 9.17) is 4.98 Å². The Hall–Kier alpha value is -1.82. The number of hydrogen-bond donors (Lipinski definition) is 1. The molecule has 0 saturated carbocycles. The van der Waals surface area contributed by atoms with Gasteiger partial charge in [-0.15, -0.1) is 0 Å². The normalized spacial score (nSPS) is 16.9. The molecule has 0 radical (unpaired) electrons. The van der Waals surface area contributed by atoms with Crippen LogP contribution in [-0.4, -0.2) is 58.0 Å². The molecule has 0 spiro atoms. The summed E-state index contributed by atoms with van der Waals surface area (Å²) >= 11 is 0. The monoisotopic (exact) mass is 288 g/mol. The van der Waals surface area contributed by atoms with E-state index in [0.29, 0.717) is 6.04 Å². The highest BCUT2D eigenvalue weighted by molar-refractivity contribution is 5.67. The van der Waals surface area contributed by atoms with E-state index >= 15 is 0 Å². The summed E-state index contributed by atoms with van der Waals surface area (Å²) in [6.45, 7) is 11.6. The summed E-state index contributed by atoms with van der Waals surface area (Å²) < 4.78 is 2.05. The molecule has 1 aliphatic rings. The van der Waals surface area contributed by atoms with Gasteiger partial charge in [-0.2, -0.15) is 0 Å². The number of piperazine rings is 1. The Morgan fingerprint density at radius 3 is 2.67 bits per heavy atom. The quantitative estimate of drug-likeness (QED) is 0.928. The highest BCUT2D eigenvalue weighted by Crippen LogP contribution is 2.22. The molecule has 2 aromatic heterocycles. The van der Waals surface area contributed by atoms with Gasteiger partial charge in [0, 0.05) is 51.2 Å². The van der Waals surface area contributed by atoms with Crippen molar-refractivity contribution in [2.24, 2.45) is 0 Å². The minimum atomic E-state index is 0.611. The smallest absolute Gasteiger partial charge is 0.180 e. The first-order chi connectivity index (χ1) is 10.2. The minimum Gasteiger partial charge on any atom is -0.369 e. The molecule has 0 bridgehead atoms. The zero-order valence-corrected chi connectivity index (χ0v) is 13.1. The van der Waals surface area contributed by atoms with Crippen molar-refractivity contribution in [3.8, 4) is 0 Å². The fourth-order valence-corrected chi connectivity index (χ4v) is 2.84. The maximum atomic E-state index is 4.77. The van der Waals surface area contributed by atoms with E-state index in [-0.39, 0.29) is 0 Å². The average molecular weight is 288 g/mol. The highest BCUT2D eigenvalue weighted by atomic mass is 15.3. The fourth-order valence-electron chi connectivity index (χ4n) is 2.84. The first-order valence-electron chi connectivity index (χ1n) is 7.75. The van der Waals surface area contributed by atoms with Crippen molar-refractivity contribution in [2.45, 2.75) is 26.8 Å². The summed E-state index contributed by atoms with van der Waals surface area (Å²) in [5.74, 6) is 1.89. The third kappa shape index (κ3) is 2.81. The van der Waals surface area contributed by atoms with Gasteiger partial charge in [0.25, 0.3) is 0 Å². The van der Waals surface area contributed by atoms with Crippen LogP contribution in [0.2, 0.25) is 0 Å². The van der Waals surface area contributed by atoms with Gasteiger partial charge in [-0.25, -0.2) is 9.97 Å². The summed E-state index contributed by atoms with van der Waals surface area (Å²) in [7, 11) is 0. The molecule has 21 heavy (non-hydrogen) atoms. The van der Waals surface area contributed by atoms with Gasteiger partial charge in [-0.3, -0.25) is 4.90 Å². The molecular formula is C15H24N6. The standard InChI is InChI=1S/C15H24N6/c1-4-16-13-11-21-6-5-17-14(21)15(18-13)20-9-7-19(8-10-20)12(2)3/h5-6,11-12,16H,4,7-10H2,1-3H3. The van der Waals surface area contributed by atoms with Crippen molar-refractivity contribution in [1.29, 1.82) is 0 Å². The SMILES string of the molecule is CCNc1cn2ccnc2c(N2CCN(C(C)C)CC2)n1. The van der Waals surface area contributed by atoms with E-state index in [1.807, 2.05) is 18.6 Å². The lowest BCUT2D eigenvalue weighted by atomic mass is 10.2. The number of rotatable bonds is 4. The average Bonchev–Trinajstić information content (AvgIpc) is 2.95. The van der Waals surface area contributed by atoms with E-state index in [1.165, 1.54) is 0 Å². The summed E-state index contributed by atoms with van der Waals surface area (Å²) in [4.78, 5) is 14.1. The second kappa shape index (κ2) is 5.89. The number of nitrogens with zero attached hydrogens (tertiary/aromatic N) is 5. The lowest BCUT2D eigenvalue weighted by Crippen LogP contribution is -2.49.